The Bertz CT molecular complexity index is 748. The number of hydrogen-bond donors (Lipinski definition) is 2. The fourth-order valence-corrected chi connectivity index (χ4v) is 3.45. The third-order valence-corrected chi connectivity index (χ3v) is 5.26. The first-order valence-corrected chi connectivity index (χ1v) is 9.41. The molecule has 2 rings (SSSR count). The van der Waals surface area contributed by atoms with Crippen LogP contribution in [0, 0.1) is 13.8 Å². The average molecular weight is 355 g/mol. The highest BCUT2D eigenvalue weighted by molar-refractivity contribution is 5.52. The van der Waals surface area contributed by atoms with Gasteiger partial charge in [-0.15, -0.1) is 0 Å². The molecule has 2 heteroatoms. The van der Waals surface area contributed by atoms with Crippen molar-refractivity contribution in [2.75, 3.05) is 0 Å². The minimum atomic E-state index is -0.119. The molecule has 0 aliphatic carbocycles. The topological polar surface area (TPSA) is 40.5 Å². The average Bonchev–Trinajstić information content (AvgIpc) is 2.49. The van der Waals surface area contributed by atoms with Crippen LogP contribution in [0.1, 0.15) is 87.8 Å². The molecular formula is C24H34O2. The van der Waals surface area contributed by atoms with Crippen molar-refractivity contribution >= 4 is 0 Å². The van der Waals surface area contributed by atoms with Gasteiger partial charge >= 0.3 is 0 Å². The molecule has 2 nitrogen and oxygen atoms in total. The normalized spacial score (nSPS) is 12.7. The van der Waals surface area contributed by atoms with E-state index in [9.17, 15) is 10.2 Å². The highest BCUT2D eigenvalue weighted by atomic mass is 16.3. The predicted octanol–water partition coefficient (Wildman–Crippen LogP) is 6.46. The molecule has 0 saturated heterocycles. The van der Waals surface area contributed by atoms with Gasteiger partial charge in [-0.3, -0.25) is 0 Å². The summed E-state index contributed by atoms with van der Waals surface area (Å²) in [6.07, 6.45) is 0. The first-order chi connectivity index (χ1) is 11.7. The zero-order chi connectivity index (χ0) is 20.0. The second-order valence-corrected chi connectivity index (χ2v) is 9.69. The molecule has 2 aromatic rings. The lowest BCUT2D eigenvalue weighted by molar-refractivity contribution is 0.442. The lowest BCUT2D eigenvalue weighted by Crippen LogP contribution is -2.14. The molecule has 0 atom stereocenters. The van der Waals surface area contributed by atoms with Gasteiger partial charge in [0.1, 0.15) is 11.5 Å². The van der Waals surface area contributed by atoms with Crippen molar-refractivity contribution < 1.29 is 10.2 Å². The zero-order valence-corrected chi connectivity index (χ0v) is 17.8. The molecule has 0 radical (unpaired) electrons. The highest BCUT2D eigenvalue weighted by Crippen LogP contribution is 2.40. The van der Waals surface area contributed by atoms with Crippen LogP contribution in [0.15, 0.2) is 24.3 Å². The van der Waals surface area contributed by atoms with Crippen molar-refractivity contribution in [3.05, 3.63) is 57.6 Å². The van der Waals surface area contributed by atoms with Gasteiger partial charge in [0.2, 0.25) is 0 Å². The largest absolute Gasteiger partial charge is 0.507 e. The molecule has 0 aliphatic heterocycles. The maximum absolute atomic E-state index is 10.5. The van der Waals surface area contributed by atoms with E-state index in [0.29, 0.717) is 11.5 Å². The summed E-state index contributed by atoms with van der Waals surface area (Å²) in [7, 11) is 0. The zero-order valence-electron chi connectivity index (χ0n) is 17.8. The van der Waals surface area contributed by atoms with Gasteiger partial charge in [0, 0.05) is 5.92 Å². The Labute approximate surface area is 158 Å². The molecule has 0 bridgehead atoms. The van der Waals surface area contributed by atoms with E-state index < -0.39 is 0 Å². The van der Waals surface area contributed by atoms with Gasteiger partial charge in [0.15, 0.2) is 0 Å². The lowest BCUT2D eigenvalue weighted by atomic mass is 9.79. The number of phenols is 2. The van der Waals surface area contributed by atoms with Gasteiger partial charge in [-0.25, -0.2) is 0 Å². The third kappa shape index (κ3) is 3.90. The molecule has 0 aliphatic rings. The van der Waals surface area contributed by atoms with E-state index in [4.69, 9.17) is 0 Å². The van der Waals surface area contributed by atoms with Crippen LogP contribution in [-0.2, 0) is 10.8 Å². The summed E-state index contributed by atoms with van der Waals surface area (Å²) in [5.41, 5.74) is 5.91. The molecule has 0 spiro atoms. The fraction of sp³-hybridized carbons (Fsp3) is 0.500. The number of benzene rings is 2. The van der Waals surface area contributed by atoms with Crippen LogP contribution < -0.4 is 0 Å². The maximum Gasteiger partial charge on any atom is 0.122 e. The quantitative estimate of drug-likeness (QED) is 0.649. The molecule has 0 saturated carbocycles. The van der Waals surface area contributed by atoms with Gasteiger partial charge in [0.05, 0.1) is 0 Å². The van der Waals surface area contributed by atoms with Gasteiger partial charge < -0.3 is 10.2 Å². The molecule has 0 unspecified atom stereocenters. The van der Waals surface area contributed by atoms with Crippen LogP contribution in [-0.4, -0.2) is 10.2 Å². The van der Waals surface area contributed by atoms with E-state index in [2.05, 4.69) is 72.7 Å². The van der Waals surface area contributed by atoms with Crippen molar-refractivity contribution in [1.29, 1.82) is 0 Å². The SMILES string of the molecule is Cc1cc(C(C)c2cc(C)c(O)c(C(C)(C)C)c2)cc(C(C)(C)C)c1O. The van der Waals surface area contributed by atoms with Crippen LogP contribution >= 0.6 is 0 Å². The first kappa shape index (κ1) is 20.4. The number of hydrogen-bond acceptors (Lipinski definition) is 2. The van der Waals surface area contributed by atoms with Crippen LogP contribution in [0.25, 0.3) is 0 Å². The van der Waals surface area contributed by atoms with Gasteiger partial charge in [-0.2, -0.15) is 0 Å². The van der Waals surface area contributed by atoms with Crippen LogP contribution in [0.4, 0.5) is 0 Å². The molecule has 0 amide bonds. The predicted molar refractivity (Wildman–Crippen MR) is 111 cm³/mol. The van der Waals surface area contributed by atoms with Crippen LogP contribution in [0.3, 0.4) is 0 Å². The smallest absolute Gasteiger partial charge is 0.122 e. The van der Waals surface area contributed by atoms with E-state index in [-0.39, 0.29) is 16.7 Å². The van der Waals surface area contributed by atoms with Crippen molar-refractivity contribution in [3.8, 4) is 11.5 Å². The number of rotatable bonds is 2. The van der Waals surface area contributed by atoms with Crippen molar-refractivity contribution in [2.45, 2.75) is 79.1 Å². The molecule has 0 fully saturated rings. The molecule has 142 valence electrons. The number of aromatic hydroxyl groups is 2. The molecular weight excluding hydrogens is 320 g/mol. The second kappa shape index (κ2) is 6.64. The van der Waals surface area contributed by atoms with Crippen LogP contribution in [0.5, 0.6) is 11.5 Å². The van der Waals surface area contributed by atoms with E-state index in [1.165, 1.54) is 11.1 Å². The fourth-order valence-electron chi connectivity index (χ4n) is 3.45. The number of phenolic OH excluding ortho intramolecular Hbond substituents is 2. The minimum absolute atomic E-state index is 0.119. The van der Waals surface area contributed by atoms with Gasteiger partial charge in [-0.05, 0) is 58.1 Å². The van der Waals surface area contributed by atoms with E-state index in [1.807, 2.05) is 13.8 Å². The molecule has 2 aromatic carbocycles. The van der Waals surface area contributed by atoms with E-state index >= 15 is 0 Å². The van der Waals surface area contributed by atoms with Gasteiger partial charge in [0.25, 0.3) is 0 Å². The Hall–Kier alpha value is -1.96. The lowest BCUT2D eigenvalue weighted by Gasteiger charge is -2.26. The summed E-state index contributed by atoms with van der Waals surface area (Å²) < 4.78 is 0. The molecule has 26 heavy (non-hydrogen) atoms. The summed E-state index contributed by atoms with van der Waals surface area (Å²) in [6.45, 7) is 18.9. The summed E-state index contributed by atoms with van der Waals surface area (Å²) >= 11 is 0. The first-order valence-electron chi connectivity index (χ1n) is 9.41. The number of aryl methyl sites for hydroxylation is 2. The van der Waals surface area contributed by atoms with Crippen molar-refractivity contribution in [2.24, 2.45) is 0 Å². The van der Waals surface area contributed by atoms with Crippen LogP contribution in [0.2, 0.25) is 0 Å². The van der Waals surface area contributed by atoms with Gasteiger partial charge in [-0.1, -0.05) is 72.7 Å². The Kier molecular flexibility index (Phi) is 5.20. The monoisotopic (exact) mass is 354 g/mol. The highest BCUT2D eigenvalue weighted by Gasteiger charge is 2.24. The van der Waals surface area contributed by atoms with Crippen molar-refractivity contribution in [1.82, 2.24) is 0 Å². The summed E-state index contributed by atoms with van der Waals surface area (Å²) in [6, 6.07) is 8.42. The summed E-state index contributed by atoms with van der Waals surface area (Å²) in [5, 5.41) is 21.0. The Morgan fingerprint density at radius 2 is 0.962 bits per heavy atom. The summed E-state index contributed by atoms with van der Waals surface area (Å²) in [5.74, 6) is 0.965. The Balaban J connectivity index is 2.62. The van der Waals surface area contributed by atoms with Crippen molar-refractivity contribution in [3.63, 3.8) is 0 Å². The van der Waals surface area contributed by atoms with E-state index in [1.54, 1.807) is 0 Å². The minimum Gasteiger partial charge on any atom is -0.507 e. The molecule has 0 aromatic heterocycles. The third-order valence-electron chi connectivity index (χ3n) is 5.26. The van der Waals surface area contributed by atoms with E-state index in [0.717, 1.165) is 22.3 Å². The molecule has 2 N–H and O–H groups in total. The molecule has 0 heterocycles. The Morgan fingerprint density at radius 3 is 1.23 bits per heavy atom. The standard InChI is InChI=1S/C24H34O2/c1-14-10-17(12-19(21(14)25)23(4,5)6)16(3)18-11-15(2)22(26)20(13-18)24(7,8)9/h10-13,16,25-26H,1-9H3. The Morgan fingerprint density at radius 1 is 0.654 bits per heavy atom. The second-order valence-electron chi connectivity index (χ2n) is 9.69. The maximum atomic E-state index is 10.5. The summed E-state index contributed by atoms with van der Waals surface area (Å²) in [4.78, 5) is 0.